The summed E-state index contributed by atoms with van der Waals surface area (Å²) in [6.07, 6.45) is 6.59. The van der Waals surface area contributed by atoms with Crippen LogP contribution in [-0.4, -0.2) is 78.5 Å². The molecule has 2 heterocycles. The van der Waals surface area contributed by atoms with Crippen LogP contribution in [0.15, 0.2) is 30.5 Å². The number of hydrogen-bond acceptors (Lipinski definition) is 6. The van der Waals surface area contributed by atoms with E-state index in [1.165, 1.54) is 43.4 Å². The van der Waals surface area contributed by atoms with E-state index in [4.69, 9.17) is 9.47 Å². The van der Waals surface area contributed by atoms with Crippen molar-refractivity contribution in [3.63, 3.8) is 0 Å². The van der Waals surface area contributed by atoms with Crippen molar-refractivity contribution in [2.24, 2.45) is 5.92 Å². The molecular weight excluding hydrogens is 404 g/mol. The van der Waals surface area contributed by atoms with Crippen molar-refractivity contribution in [1.82, 2.24) is 20.0 Å². The lowest BCUT2D eigenvalue weighted by Gasteiger charge is -2.38. The Labute approximate surface area is 191 Å². The number of hydrogen-bond donors (Lipinski definition) is 1. The second kappa shape index (κ2) is 11.1. The number of ether oxygens (including phenoxy) is 2. The first kappa shape index (κ1) is 23.0. The standard InChI is InChI=1S/C25H36N4O3/c1-3-32-25(30)24-22(15-26-27-24)18-28(11-12-31-2)16-19-7-6-10-29(17-19)23-13-20-8-4-5-9-21(20)14-23/h4-5,8-9,15,19,23H,3,6-7,10-14,16-18H2,1-2H3,(H,26,27). The number of methoxy groups -OCH3 is 1. The maximum absolute atomic E-state index is 12.3. The van der Waals surface area contributed by atoms with Gasteiger partial charge in [0.05, 0.1) is 19.4 Å². The number of H-pyrrole nitrogens is 1. The fourth-order valence-corrected chi connectivity index (χ4v) is 5.24. The second-order valence-electron chi connectivity index (χ2n) is 9.05. The first-order chi connectivity index (χ1) is 15.7. The number of rotatable bonds is 10. The quantitative estimate of drug-likeness (QED) is 0.573. The molecule has 7 heteroatoms. The van der Waals surface area contributed by atoms with Gasteiger partial charge in [-0.3, -0.25) is 14.9 Å². The first-order valence-corrected chi connectivity index (χ1v) is 11.9. The molecule has 1 fully saturated rings. The summed E-state index contributed by atoms with van der Waals surface area (Å²) in [5.41, 5.74) is 4.39. The molecule has 0 amide bonds. The van der Waals surface area contributed by atoms with Crippen LogP contribution in [0.4, 0.5) is 0 Å². The number of carbonyl (C=O) groups excluding carboxylic acids is 1. The van der Waals surface area contributed by atoms with Crippen molar-refractivity contribution < 1.29 is 14.3 Å². The largest absolute Gasteiger partial charge is 0.461 e. The van der Waals surface area contributed by atoms with Gasteiger partial charge in [-0.15, -0.1) is 0 Å². The summed E-state index contributed by atoms with van der Waals surface area (Å²) in [7, 11) is 1.74. The van der Waals surface area contributed by atoms with Gasteiger partial charge in [-0.2, -0.15) is 5.10 Å². The number of aromatic amines is 1. The molecule has 1 atom stereocenters. The Morgan fingerprint density at radius 1 is 1.28 bits per heavy atom. The van der Waals surface area contributed by atoms with Gasteiger partial charge >= 0.3 is 5.97 Å². The van der Waals surface area contributed by atoms with Crippen molar-refractivity contribution in [3.8, 4) is 0 Å². The van der Waals surface area contributed by atoms with Gasteiger partial charge in [0, 0.05) is 44.9 Å². The monoisotopic (exact) mass is 440 g/mol. The number of piperidine rings is 1. The zero-order valence-corrected chi connectivity index (χ0v) is 19.4. The van der Waals surface area contributed by atoms with Crippen LogP contribution in [0.25, 0.3) is 0 Å². The minimum absolute atomic E-state index is 0.337. The molecule has 32 heavy (non-hydrogen) atoms. The summed E-state index contributed by atoms with van der Waals surface area (Å²) >= 11 is 0. The number of esters is 1. The number of likely N-dealkylation sites (tertiary alicyclic amines) is 1. The molecule has 0 saturated carbocycles. The van der Waals surface area contributed by atoms with Gasteiger partial charge in [-0.1, -0.05) is 24.3 Å². The maximum atomic E-state index is 12.3. The molecule has 1 aromatic heterocycles. The molecule has 1 saturated heterocycles. The van der Waals surface area contributed by atoms with E-state index in [-0.39, 0.29) is 5.97 Å². The van der Waals surface area contributed by atoms with Crippen LogP contribution >= 0.6 is 0 Å². The normalized spacial score (nSPS) is 19.4. The number of nitrogens with one attached hydrogen (secondary N) is 1. The van der Waals surface area contributed by atoms with Crippen LogP contribution in [0.1, 0.15) is 46.9 Å². The molecular formula is C25H36N4O3. The summed E-state index contributed by atoms with van der Waals surface area (Å²) < 4.78 is 10.5. The Kier molecular flexibility index (Phi) is 7.95. The molecule has 4 rings (SSSR count). The van der Waals surface area contributed by atoms with Crippen molar-refractivity contribution in [2.75, 3.05) is 46.5 Å². The Balaban J connectivity index is 1.37. The average Bonchev–Trinajstić information content (AvgIpc) is 3.45. The van der Waals surface area contributed by atoms with Crippen molar-refractivity contribution in [3.05, 3.63) is 52.8 Å². The van der Waals surface area contributed by atoms with Crippen molar-refractivity contribution >= 4 is 5.97 Å². The Hall–Kier alpha value is -2.22. The molecule has 174 valence electrons. The number of carbonyl (C=O) groups is 1. The minimum Gasteiger partial charge on any atom is -0.461 e. The fourth-order valence-electron chi connectivity index (χ4n) is 5.24. The zero-order valence-electron chi connectivity index (χ0n) is 19.4. The Morgan fingerprint density at radius 3 is 2.78 bits per heavy atom. The summed E-state index contributed by atoms with van der Waals surface area (Å²) in [6.45, 7) is 7.66. The Morgan fingerprint density at radius 2 is 2.06 bits per heavy atom. The lowest BCUT2D eigenvalue weighted by molar-refractivity contribution is 0.0515. The summed E-state index contributed by atoms with van der Waals surface area (Å²) in [6, 6.07) is 9.53. The van der Waals surface area contributed by atoms with Crippen molar-refractivity contribution in [2.45, 2.75) is 45.2 Å². The van der Waals surface area contributed by atoms with Gasteiger partial charge in [0.15, 0.2) is 0 Å². The molecule has 1 aliphatic heterocycles. The summed E-state index contributed by atoms with van der Waals surface area (Å²) in [4.78, 5) is 17.4. The molecule has 2 aromatic rings. The average molecular weight is 441 g/mol. The van der Waals surface area contributed by atoms with Gasteiger partial charge in [-0.25, -0.2) is 4.79 Å². The molecule has 0 bridgehead atoms. The predicted molar refractivity (Wildman–Crippen MR) is 124 cm³/mol. The number of fused-ring (bicyclic) bond motifs is 1. The maximum Gasteiger partial charge on any atom is 0.356 e. The summed E-state index contributed by atoms with van der Waals surface area (Å²) in [5, 5.41) is 6.92. The lowest BCUT2D eigenvalue weighted by Crippen LogP contribution is -2.46. The van der Waals surface area contributed by atoms with E-state index in [0.717, 1.165) is 25.2 Å². The van der Waals surface area contributed by atoms with E-state index >= 15 is 0 Å². The number of benzene rings is 1. The van der Waals surface area contributed by atoms with Gasteiger partial charge < -0.3 is 9.47 Å². The van der Waals surface area contributed by atoms with Crippen LogP contribution in [-0.2, 0) is 28.9 Å². The third kappa shape index (κ3) is 5.57. The topological polar surface area (TPSA) is 70.7 Å². The van der Waals surface area contributed by atoms with Gasteiger partial charge in [0.2, 0.25) is 0 Å². The SMILES string of the molecule is CCOC(=O)c1[nH]ncc1CN(CCOC)CC1CCCN(C2Cc3ccccc3C2)C1. The van der Waals surface area contributed by atoms with E-state index in [1.54, 1.807) is 13.3 Å². The minimum atomic E-state index is -0.337. The molecule has 7 nitrogen and oxygen atoms in total. The van der Waals surface area contributed by atoms with E-state index in [0.29, 0.717) is 37.4 Å². The van der Waals surface area contributed by atoms with E-state index in [2.05, 4.69) is 44.3 Å². The van der Waals surface area contributed by atoms with Crippen molar-refractivity contribution in [1.29, 1.82) is 0 Å². The van der Waals surface area contributed by atoms with Crippen LogP contribution < -0.4 is 0 Å². The van der Waals surface area contributed by atoms with Gasteiger partial charge in [-0.05, 0) is 56.2 Å². The van der Waals surface area contributed by atoms with Crippen LogP contribution in [0.5, 0.6) is 0 Å². The molecule has 1 N–H and O–H groups in total. The van der Waals surface area contributed by atoms with E-state index < -0.39 is 0 Å². The Bertz CT molecular complexity index is 859. The molecule has 0 spiro atoms. The molecule has 1 unspecified atom stereocenters. The highest BCUT2D eigenvalue weighted by atomic mass is 16.5. The van der Waals surface area contributed by atoms with Gasteiger partial charge in [0.1, 0.15) is 5.69 Å². The fraction of sp³-hybridized carbons (Fsp3) is 0.600. The number of nitrogens with zero attached hydrogens (tertiary/aromatic N) is 3. The summed E-state index contributed by atoms with van der Waals surface area (Å²) in [5.74, 6) is 0.276. The molecule has 1 aliphatic carbocycles. The number of aromatic nitrogens is 2. The van der Waals surface area contributed by atoms with Gasteiger partial charge in [0.25, 0.3) is 0 Å². The van der Waals surface area contributed by atoms with E-state index in [1.807, 2.05) is 6.92 Å². The predicted octanol–water partition coefficient (Wildman–Crippen LogP) is 2.91. The lowest BCUT2D eigenvalue weighted by atomic mass is 9.95. The molecule has 2 aliphatic rings. The highest BCUT2D eigenvalue weighted by Gasteiger charge is 2.31. The van der Waals surface area contributed by atoms with E-state index in [9.17, 15) is 4.79 Å². The first-order valence-electron chi connectivity index (χ1n) is 11.9. The highest BCUT2D eigenvalue weighted by molar-refractivity contribution is 5.88. The molecule has 1 aromatic carbocycles. The smallest absolute Gasteiger partial charge is 0.356 e. The zero-order chi connectivity index (χ0) is 22.3. The van der Waals surface area contributed by atoms with Crippen LogP contribution in [0.3, 0.4) is 0 Å². The van der Waals surface area contributed by atoms with Crippen LogP contribution in [0.2, 0.25) is 0 Å². The highest BCUT2D eigenvalue weighted by Crippen LogP contribution is 2.29. The molecule has 0 radical (unpaired) electrons. The van der Waals surface area contributed by atoms with Crippen LogP contribution in [0, 0.1) is 5.92 Å². The third-order valence-electron chi connectivity index (χ3n) is 6.82. The third-order valence-corrected chi connectivity index (χ3v) is 6.82. The second-order valence-corrected chi connectivity index (χ2v) is 9.05.